The summed E-state index contributed by atoms with van der Waals surface area (Å²) >= 11 is 1.75. The molecule has 1 aliphatic heterocycles. The number of pyridine rings is 2. The number of nitrogens with one attached hydrogen (secondary N) is 2. The molecule has 34 heavy (non-hydrogen) atoms. The molecule has 0 saturated carbocycles. The van der Waals surface area contributed by atoms with Crippen molar-refractivity contribution in [2.24, 2.45) is 0 Å². The lowest BCUT2D eigenvalue weighted by molar-refractivity contribution is 0.687. The zero-order chi connectivity index (χ0) is 23.6. The van der Waals surface area contributed by atoms with Crippen LogP contribution in [0.4, 0.5) is 5.82 Å². The Balaban J connectivity index is 0.000000130. The Labute approximate surface area is 205 Å². The molecule has 5 aromatic rings. The molecular weight excluding hydrogens is 460 g/mol. The van der Waals surface area contributed by atoms with E-state index >= 15 is 0 Å². The first-order valence-corrected chi connectivity index (χ1v) is 12.9. The van der Waals surface area contributed by atoms with Crippen LogP contribution >= 0.6 is 11.8 Å². The Morgan fingerprint density at radius 1 is 0.853 bits per heavy atom. The van der Waals surface area contributed by atoms with Crippen LogP contribution in [-0.2, 0) is 10.8 Å². The summed E-state index contributed by atoms with van der Waals surface area (Å²) in [6, 6.07) is 27.7. The maximum absolute atomic E-state index is 10.8. The number of aromatic amines is 1. The molecule has 0 saturated heterocycles. The molecule has 2 N–H and O–H groups in total. The van der Waals surface area contributed by atoms with Crippen molar-refractivity contribution >= 4 is 45.5 Å². The largest absolute Gasteiger partial charge is 0.345 e. The van der Waals surface area contributed by atoms with Gasteiger partial charge in [0.05, 0.1) is 0 Å². The van der Waals surface area contributed by atoms with Crippen LogP contribution in [0.25, 0.3) is 17.1 Å². The molecule has 3 aromatic heterocycles. The van der Waals surface area contributed by atoms with Gasteiger partial charge in [-0.1, -0.05) is 48.2 Å². The standard InChI is InChI=1S/C13H10N2S.C7H5N2.C7H8OS/c1-2-5-10(6-3-1)16-12-9-15-13-11(12)7-4-8-14-13;1-2-6-3-5-9-7(6)8-4-1;1-9(8)7-5-3-2-4-6-7/h1-9H,(H,14,15);1-4H,(H,8,9);2-6H,1H3/q;+1;. The monoisotopic (exact) mass is 483 g/mol. The highest BCUT2D eigenvalue weighted by atomic mass is 32.2. The topological polar surface area (TPSA) is 70.7 Å². The van der Waals surface area contributed by atoms with Crippen molar-refractivity contribution in [2.45, 2.75) is 14.7 Å². The van der Waals surface area contributed by atoms with E-state index in [1.54, 1.807) is 30.4 Å². The number of hydrogen-bond acceptors (Lipinski definition) is 5. The molecule has 7 heteroatoms. The van der Waals surface area contributed by atoms with Crippen molar-refractivity contribution in [3.63, 3.8) is 0 Å². The van der Waals surface area contributed by atoms with Crippen LogP contribution in [0, 0.1) is 6.20 Å². The molecule has 2 aromatic carbocycles. The average Bonchev–Trinajstić information content (AvgIpc) is 3.53. The first-order valence-electron chi connectivity index (χ1n) is 10.5. The number of hydrogen-bond donors (Lipinski definition) is 2. The SMILES string of the molecule is CS(=O)c1ccccc1.[C+]1=Cc2cccnc2N1.c1ccc(Sc2c[nH]c3ncccc23)cc1. The Morgan fingerprint density at radius 2 is 1.56 bits per heavy atom. The summed E-state index contributed by atoms with van der Waals surface area (Å²) in [5, 5.41) is 4.06. The van der Waals surface area contributed by atoms with Crippen molar-refractivity contribution < 1.29 is 4.21 Å². The third kappa shape index (κ3) is 6.39. The van der Waals surface area contributed by atoms with Crippen molar-refractivity contribution in [2.75, 3.05) is 11.6 Å². The van der Waals surface area contributed by atoms with Crippen LogP contribution in [0.5, 0.6) is 0 Å². The third-order valence-corrected chi connectivity index (χ3v) is 6.72. The molecule has 1 atom stereocenters. The predicted octanol–water partition coefficient (Wildman–Crippen LogP) is 6.42. The fraction of sp³-hybridized carbons (Fsp3) is 0.0370. The highest BCUT2D eigenvalue weighted by Gasteiger charge is 2.15. The molecule has 0 bridgehead atoms. The average molecular weight is 484 g/mol. The molecular formula is C27H23N4OS2+. The Morgan fingerprint density at radius 3 is 2.26 bits per heavy atom. The molecule has 0 radical (unpaired) electrons. The van der Waals surface area contributed by atoms with Crippen LogP contribution in [0.15, 0.2) is 118 Å². The minimum atomic E-state index is -0.829. The third-order valence-electron chi connectivity index (χ3n) is 4.72. The molecule has 5 nitrogen and oxygen atoms in total. The van der Waals surface area contributed by atoms with E-state index in [-0.39, 0.29) is 0 Å². The van der Waals surface area contributed by atoms with Crippen LogP contribution in [-0.4, -0.2) is 25.4 Å². The fourth-order valence-corrected chi connectivity index (χ4v) is 4.54. The van der Waals surface area contributed by atoms with E-state index in [9.17, 15) is 4.21 Å². The van der Waals surface area contributed by atoms with Gasteiger partial charge in [0.2, 0.25) is 0 Å². The van der Waals surface area contributed by atoms with E-state index < -0.39 is 10.8 Å². The Bertz CT molecular complexity index is 1390. The summed E-state index contributed by atoms with van der Waals surface area (Å²) < 4.78 is 10.8. The number of nitrogens with zero attached hydrogens (tertiary/aromatic N) is 2. The van der Waals surface area contributed by atoms with Gasteiger partial charge in [-0.05, 0) is 42.5 Å². The van der Waals surface area contributed by atoms with Gasteiger partial charge in [-0.25, -0.2) is 4.98 Å². The lowest BCUT2D eigenvalue weighted by Crippen LogP contribution is -1.85. The van der Waals surface area contributed by atoms with Gasteiger partial charge in [0.15, 0.2) is 5.56 Å². The number of H-pyrrole nitrogens is 1. The smallest absolute Gasteiger partial charge is 0.293 e. The zero-order valence-electron chi connectivity index (χ0n) is 18.5. The van der Waals surface area contributed by atoms with Crippen molar-refractivity contribution in [3.8, 4) is 0 Å². The molecule has 0 spiro atoms. The molecule has 0 amide bonds. The van der Waals surface area contributed by atoms with E-state index in [1.807, 2.05) is 66.9 Å². The number of benzene rings is 2. The summed E-state index contributed by atoms with van der Waals surface area (Å²) in [6.45, 7) is 0. The molecule has 0 aliphatic carbocycles. The highest BCUT2D eigenvalue weighted by Crippen LogP contribution is 2.32. The van der Waals surface area contributed by atoms with Gasteiger partial charge in [-0.2, -0.15) is 10.3 Å². The minimum Gasteiger partial charge on any atom is -0.345 e. The summed E-state index contributed by atoms with van der Waals surface area (Å²) in [5.41, 5.74) is 2.05. The maximum atomic E-state index is 10.8. The van der Waals surface area contributed by atoms with Crippen LogP contribution in [0.1, 0.15) is 5.56 Å². The normalized spacial score (nSPS) is 11.7. The number of rotatable bonds is 3. The highest BCUT2D eigenvalue weighted by molar-refractivity contribution is 7.99. The van der Waals surface area contributed by atoms with E-state index in [0.717, 1.165) is 21.9 Å². The molecule has 4 heterocycles. The molecule has 1 unspecified atom stereocenters. The van der Waals surface area contributed by atoms with Crippen molar-refractivity contribution in [1.82, 2.24) is 15.0 Å². The molecule has 6 rings (SSSR count). The van der Waals surface area contributed by atoms with E-state index in [4.69, 9.17) is 0 Å². The van der Waals surface area contributed by atoms with Crippen LogP contribution in [0.2, 0.25) is 0 Å². The summed E-state index contributed by atoms with van der Waals surface area (Å²) in [6.07, 6.45) is 12.0. The van der Waals surface area contributed by atoms with Gasteiger partial charge in [0.25, 0.3) is 5.82 Å². The summed E-state index contributed by atoms with van der Waals surface area (Å²) in [5.74, 6) is 0.900. The van der Waals surface area contributed by atoms with Crippen LogP contribution < -0.4 is 5.32 Å². The molecule has 168 valence electrons. The first kappa shape index (κ1) is 23.4. The Kier molecular flexibility index (Phi) is 8.19. The number of fused-ring (bicyclic) bond motifs is 2. The van der Waals surface area contributed by atoms with Crippen molar-refractivity contribution in [1.29, 1.82) is 0 Å². The fourth-order valence-electron chi connectivity index (χ4n) is 3.06. The van der Waals surface area contributed by atoms with E-state index in [2.05, 4.69) is 56.8 Å². The van der Waals surface area contributed by atoms with E-state index in [0.29, 0.717) is 0 Å². The van der Waals surface area contributed by atoms with E-state index in [1.165, 1.54) is 15.2 Å². The van der Waals surface area contributed by atoms with Gasteiger partial charge in [0, 0.05) is 61.8 Å². The van der Waals surface area contributed by atoms with Gasteiger partial charge < -0.3 is 4.98 Å². The summed E-state index contributed by atoms with van der Waals surface area (Å²) in [4.78, 5) is 14.9. The minimum absolute atomic E-state index is 0.829. The number of aromatic nitrogens is 3. The van der Waals surface area contributed by atoms with Gasteiger partial charge >= 0.3 is 0 Å². The number of anilines is 1. The molecule has 0 fully saturated rings. The lowest BCUT2D eigenvalue weighted by Gasteiger charge is -1.98. The summed E-state index contributed by atoms with van der Waals surface area (Å²) in [7, 11) is -0.829. The Hall–Kier alpha value is -3.77. The van der Waals surface area contributed by atoms with Gasteiger partial charge in [-0.15, -0.1) is 0 Å². The first-order chi connectivity index (χ1) is 16.7. The quantitative estimate of drug-likeness (QED) is 0.290. The lowest BCUT2D eigenvalue weighted by atomic mass is 10.3. The molecule has 1 aliphatic rings. The second-order valence-electron chi connectivity index (χ2n) is 7.09. The zero-order valence-corrected chi connectivity index (χ0v) is 20.1. The van der Waals surface area contributed by atoms with Crippen molar-refractivity contribution in [3.05, 3.63) is 115 Å². The maximum Gasteiger partial charge on any atom is 0.293 e. The predicted molar refractivity (Wildman–Crippen MR) is 141 cm³/mol. The van der Waals surface area contributed by atoms with Gasteiger partial charge in [-0.3, -0.25) is 4.21 Å². The second kappa shape index (κ2) is 11.9. The second-order valence-corrected chi connectivity index (χ2v) is 9.58. The van der Waals surface area contributed by atoms with Crippen LogP contribution in [0.3, 0.4) is 0 Å². The van der Waals surface area contributed by atoms with Gasteiger partial charge in [0.1, 0.15) is 17.9 Å².